The molecule has 0 unspecified atom stereocenters. The standard InChI is InChI=1S/C18H30N4O5S/c1-4-27-18(23)16-6-5-7-20(12-16)13-22-15(3)17(14(2)19-22)28(24,25)21-8-10-26-11-9-21/h16H,4-13H2,1-3H3/t16-/m0/s1. The molecule has 0 amide bonds. The summed E-state index contributed by atoms with van der Waals surface area (Å²) in [6.45, 7) is 9.17. The van der Waals surface area contributed by atoms with Gasteiger partial charge in [-0.2, -0.15) is 9.40 Å². The predicted molar refractivity (Wildman–Crippen MR) is 102 cm³/mol. The first kappa shape index (κ1) is 21.2. The minimum Gasteiger partial charge on any atom is -0.466 e. The minimum absolute atomic E-state index is 0.137. The topological polar surface area (TPSA) is 94.0 Å². The Morgan fingerprint density at radius 1 is 1.25 bits per heavy atom. The lowest BCUT2D eigenvalue weighted by molar-refractivity contribution is -0.150. The molecule has 2 saturated heterocycles. The number of nitrogens with zero attached hydrogens (tertiary/aromatic N) is 4. The third-order valence-electron chi connectivity index (χ3n) is 5.34. The molecular formula is C18H30N4O5S. The van der Waals surface area contributed by atoms with Crippen molar-refractivity contribution >= 4 is 16.0 Å². The lowest BCUT2D eigenvalue weighted by Gasteiger charge is -2.31. The van der Waals surface area contributed by atoms with Crippen molar-refractivity contribution in [1.82, 2.24) is 19.0 Å². The van der Waals surface area contributed by atoms with E-state index in [-0.39, 0.29) is 16.8 Å². The molecule has 2 fully saturated rings. The van der Waals surface area contributed by atoms with Crippen molar-refractivity contribution in [2.45, 2.75) is 45.2 Å². The van der Waals surface area contributed by atoms with E-state index < -0.39 is 10.0 Å². The van der Waals surface area contributed by atoms with Gasteiger partial charge in [0.05, 0.1) is 43.8 Å². The second-order valence-corrected chi connectivity index (χ2v) is 9.20. The molecule has 158 valence electrons. The van der Waals surface area contributed by atoms with Crippen molar-refractivity contribution in [1.29, 1.82) is 0 Å². The number of esters is 1. The molecule has 1 aromatic heterocycles. The fourth-order valence-electron chi connectivity index (χ4n) is 3.93. The maximum absolute atomic E-state index is 13.1. The van der Waals surface area contributed by atoms with E-state index in [0.717, 1.165) is 19.4 Å². The molecule has 2 aliphatic heterocycles. The number of hydrogen-bond acceptors (Lipinski definition) is 7. The molecule has 3 heterocycles. The molecule has 2 aliphatic rings. The van der Waals surface area contributed by atoms with Gasteiger partial charge in [0.15, 0.2) is 0 Å². The number of carbonyl (C=O) groups is 1. The van der Waals surface area contributed by atoms with E-state index in [0.29, 0.717) is 57.5 Å². The number of sulfonamides is 1. The molecule has 28 heavy (non-hydrogen) atoms. The van der Waals surface area contributed by atoms with Crippen molar-refractivity contribution < 1.29 is 22.7 Å². The number of rotatable bonds is 6. The van der Waals surface area contributed by atoms with Crippen molar-refractivity contribution in [2.24, 2.45) is 5.92 Å². The van der Waals surface area contributed by atoms with Gasteiger partial charge in [0.1, 0.15) is 4.90 Å². The smallest absolute Gasteiger partial charge is 0.310 e. The van der Waals surface area contributed by atoms with Crippen LogP contribution in [0.15, 0.2) is 4.90 Å². The fraction of sp³-hybridized carbons (Fsp3) is 0.778. The molecule has 0 bridgehead atoms. The Hall–Kier alpha value is -1.49. The number of aromatic nitrogens is 2. The highest BCUT2D eigenvalue weighted by Gasteiger charge is 2.33. The first-order chi connectivity index (χ1) is 13.3. The van der Waals surface area contributed by atoms with Gasteiger partial charge in [-0.25, -0.2) is 8.42 Å². The molecule has 10 heteroatoms. The number of hydrogen-bond donors (Lipinski definition) is 0. The van der Waals surface area contributed by atoms with Gasteiger partial charge in [-0.1, -0.05) is 0 Å². The molecule has 9 nitrogen and oxygen atoms in total. The fourth-order valence-corrected chi connectivity index (χ4v) is 5.71. The Morgan fingerprint density at radius 3 is 2.64 bits per heavy atom. The Morgan fingerprint density at radius 2 is 1.96 bits per heavy atom. The summed E-state index contributed by atoms with van der Waals surface area (Å²) in [5.41, 5.74) is 1.13. The summed E-state index contributed by atoms with van der Waals surface area (Å²) in [5, 5.41) is 4.49. The number of ether oxygens (including phenoxy) is 2. The van der Waals surface area contributed by atoms with Gasteiger partial charge in [-0.05, 0) is 40.2 Å². The number of piperidine rings is 1. The van der Waals surface area contributed by atoms with Crippen molar-refractivity contribution in [2.75, 3.05) is 46.0 Å². The lowest BCUT2D eigenvalue weighted by Crippen LogP contribution is -2.41. The molecule has 0 saturated carbocycles. The summed E-state index contributed by atoms with van der Waals surface area (Å²) < 4.78 is 39.8. The van der Waals surface area contributed by atoms with Gasteiger partial charge >= 0.3 is 5.97 Å². The zero-order chi connectivity index (χ0) is 20.3. The van der Waals surface area contributed by atoms with Crippen LogP contribution in [0, 0.1) is 19.8 Å². The first-order valence-electron chi connectivity index (χ1n) is 9.85. The van der Waals surface area contributed by atoms with Crippen LogP contribution >= 0.6 is 0 Å². The minimum atomic E-state index is -3.60. The van der Waals surface area contributed by atoms with Crippen LogP contribution in [0.5, 0.6) is 0 Å². The largest absolute Gasteiger partial charge is 0.466 e. The summed E-state index contributed by atoms with van der Waals surface area (Å²) in [6.07, 6.45) is 1.73. The van der Waals surface area contributed by atoms with E-state index in [4.69, 9.17) is 9.47 Å². The van der Waals surface area contributed by atoms with E-state index in [1.165, 1.54) is 4.31 Å². The number of morpholine rings is 1. The molecular weight excluding hydrogens is 384 g/mol. The summed E-state index contributed by atoms with van der Waals surface area (Å²) in [6, 6.07) is 0. The number of likely N-dealkylation sites (tertiary alicyclic amines) is 1. The third kappa shape index (κ3) is 4.40. The normalized spacial score (nSPS) is 22.3. The Balaban J connectivity index is 1.75. The van der Waals surface area contributed by atoms with Crippen LogP contribution in [0.3, 0.4) is 0 Å². The average Bonchev–Trinajstić information content (AvgIpc) is 2.96. The number of carbonyl (C=O) groups excluding carboxylic acids is 1. The van der Waals surface area contributed by atoms with E-state index in [1.54, 1.807) is 18.5 Å². The van der Waals surface area contributed by atoms with Gasteiger partial charge in [-0.15, -0.1) is 0 Å². The Kier molecular flexibility index (Phi) is 6.74. The highest BCUT2D eigenvalue weighted by molar-refractivity contribution is 7.89. The molecule has 0 N–H and O–H groups in total. The average molecular weight is 415 g/mol. The van der Waals surface area contributed by atoms with Crippen LogP contribution in [0.25, 0.3) is 0 Å². The second-order valence-electron chi connectivity index (χ2n) is 7.33. The van der Waals surface area contributed by atoms with Crippen molar-refractivity contribution in [3.8, 4) is 0 Å². The van der Waals surface area contributed by atoms with Gasteiger partial charge < -0.3 is 9.47 Å². The zero-order valence-corrected chi connectivity index (χ0v) is 17.7. The maximum atomic E-state index is 13.1. The van der Waals surface area contributed by atoms with E-state index in [2.05, 4.69) is 10.00 Å². The Bertz CT molecular complexity index is 801. The van der Waals surface area contributed by atoms with Gasteiger partial charge in [-0.3, -0.25) is 14.4 Å². The lowest BCUT2D eigenvalue weighted by atomic mass is 9.99. The highest BCUT2D eigenvalue weighted by atomic mass is 32.2. The van der Waals surface area contributed by atoms with Crippen LogP contribution in [-0.2, 0) is 31.0 Å². The van der Waals surface area contributed by atoms with Crippen LogP contribution in [0.2, 0.25) is 0 Å². The third-order valence-corrected chi connectivity index (χ3v) is 7.49. The molecule has 0 aliphatic carbocycles. The van der Waals surface area contributed by atoms with Gasteiger partial charge in [0.25, 0.3) is 0 Å². The van der Waals surface area contributed by atoms with Gasteiger partial charge in [0, 0.05) is 19.6 Å². The first-order valence-corrected chi connectivity index (χ1v) is 11.3. The Labute approximate surface area is 166 Å². The molecule has 1 aromatic rings. The zero-order valence-electron chi connectivity index (χ0n) is 16.9. The van der Waals surface area contributed by atoms with Crippen LogP contribution in [0.4, 0.5) is 0 Å². The SMILES string of the molecule is CCOC(=O)[C@H]1CCCN(Cn2nc(C)c(S(=O)(=O)N3CCOCC3)c2C)C1. The predicted octanol–water partition coefficient (Wildman–Crippen LogP) is 0.753. The van der Waals surface area contributed by atoms with Crippen molar-refractivity contribution in [3.05, 3.63) is 11.4 Å². The quantitative estimate of drug-likeness (QED) is 0.634. The summed E-state index contributed by atoms with van der Waals surface area (Å²) in [4.78, 5) is 14.5. The molecule has 0 spiro atoms. The summed E-state index contributed by atoms with van der Waals surface area (Å²) >= 11 is 0. The van der Waals surface area contributed by atoms with E-state index >= 15 is 0 Å². The monoisotopic (exact) mass is 414 g/mol. The van der Waals surface area contributed by atoms with Crippen molar-refractivity contribution in [3.63, 3.8) is 0 Å². The summed E-state index contributed by atoms with van der Waals surface area (Å²) in [5.74, 6) is -0.293. The molecule has 3 rings (SSSR count). The number of aryl methyl sites for hydroxylation is 1. The maximum Gasteiger partial charge on any atom is 0.310 e. The second kappa shape index (κ2) is 8.89. The molecule has 0 radical (unpaired) electrons. The van der Waals surface area contributed by atoms with Crippen LogP contribution in [-0.4, -0.2) is 79.4 Å². The highest BCUT2D eigenvalue weighted by Crippen LogP contribution is 2.25. The van der Waals surface area contributed by atoms with Gasteiger partial charge in [0.2, 0.25) is 10.0 Å². The van der Waals surface area contributed by atoms with Crippen LogP contribution < -0.4 is 0 Å². The van der Waals surface area contributed by atoms with E-state index in [1.807, 2.05) is 6.92 Å². The summed E-state index contributed by atoms with van der Waals surface area (Å²) in [7, 11) is -3.60. The molecule has 1 atom stereocenters. The van der Waals surface area contributed by atoms with Crippen LogP contribution in [0.1, 0.15) is 31.2 Å². The van der Waals surface area contributed by atoms with E-state index in [9.17, 15) is 13.2 Å². The molecule has 0 aromatic carbocycles.